The van der Waals surface area contributed by atoms with Gasteiger partial charge in [-0.25, -0.2) is 0 Å². The smallest absolute Gasteiger partial charge is 0.0623 e. The Morgan fingerprint density at radius 3 is 0.659 bits per heavy atom. The molecule has 0 unspecified atom stereocenters. The molecule has 4 aliphatic heterocycles. The molecule has 11 rings (SSSR count). The van der Waals surface area contributed by atoms with Crippen molar-refractivity contribution in [3.8, 4) is 44.5 Å². The molecule has 4 heterocycles. The van der Waals surface area contributed by atoms with Gasteiger partial charge >= 0.3 is 0 Å². The molecule has 7 aromatic rings. The Hall–Kier alpha value is -5.03. The first-order valence-electron chi connectivity index (χ1n) is 15.6. The van der Waals surface area contributed by atoms with Crippen molar-refractivity contribution in [2.24, 2.45) is 0 Å². The molecule has 7 aromatic carbocycles. The van der Waals surface area contributed by atoms with Crippen molar-refractivity contribution in [2.45, 2.75) is 0 Å². The SMILES string of the molecule is c1ccc2c(c1)-c1ccccc1[Si]21c2ccccc2-c2cc3c(cc21)-c1ccccc1[Si]31c2ccccc2-c2ccccc21. The minimum atomic E-state index is -2.49. The molecular formula is C42H26Si2. The largest absolute Gasteiger partial charge is 0.182 e. The van der Waals surface area contributed by atoms with Gasteiger partial charge in [-0.05, 0) is 86.0 Å². The van der Waals surface area contributed by atoms with E-state index in [4.69, 9.17) is 0 Å². The fraction of sp³-hybridized carbons (Fsp3) is 0. The first kappa shape index (κ1) is 23.4. The summed E-state index contributed by atoms with van der Waals surface area (Å²) in [5.74, 6) is 0. The minimum Gasteiger partial charge on any atom is -0.0623 e. The summed E-state index contributed by atoms with van der Waals surface area (Å²) in [7, 11) is -4.99. The van der Waals surface area contributed by atoms with Crippen LogP contribution in [-0.4, -0.2) is 16.1 Å². The van der Waals surface area contributed by atoms with E-state index >= 15 is 0 Å². The van der Waals surface area contributed by atoms with Crippen LogP contribution >= 0.6 is 0 Å². The fourth-order valence-electron chi connectivity index (χ4n) is 9.68. The van der Waals surface area contributed by atoms with E-state index in [2.05, 4.69) is 158 Å². The quantitative estimate of drug-likeness (QED) is 0.232. The third kappa shape index (κ3) is 2.41. The zero-order valence-electron chi connectivity index (χ0n) is 24.0. The summed E-state index contributed by atoms with van der Waals surface area (Å²) < 4.78 is 0. The van der Waals surface area contributed by atoms with Crippen molar-refractivity contribution in [3.63, 3.8) is 0 Å². The van der Waals surface area contributed by atoms with Crippen LogP contribution in [0.4, 0.5) is 0 Å². The number of hydrogen-bond acceptors (Lipinski definition) is 0. The highest BCUT2D eigenvalue weighted by Gasteiger charge is 2.58. The summed E-state index contributed by atoms with van der Waals surface area (Å²) >= 11 is 0. The van der Waals surface area contributed by atoms with E-state index in [0.717, 1.165) is 0 Å². The molecule has 44 heavy (non-hydrogen) atoms. The molecule has 2 spiro atoms. The van der Waals surface area contributed by atoms with Gasteiger partial charge in [0.05, 0.1) is 0 Å². The molecular weight excluding hydrogens is 561 g/mol. The Labute approximate surface area is 259 Å². The molecule has 0 saturated carbocycles. The molecule has 2 heteroatoms. The second-order valence-corrected chi connectivity index (χ2v) is 20.0. The Bertz CT molecular complexity index is 2150. The lowest BCUT2D eigenvalue weighted by atomic mass is 10.0. The van der Waals surface area contributed by atoms with Crippen molar-refractivity contribution in [2.75, 3.05) is 0 Å². The van der Waals surface area contributed by atoms with Crippen LogP contribution < -0.4 is 41.5 Å². The number of hydrogen-bond donors (Lipinski definition) is 0. The predicted molar refractivity (Wildman–Crippen MR) is 190 cm³/mol. The normalized spacial score (nSPS) is 15.6. The van der Waals surface area contributed by atoms with Crippen LogP contribution in [0, 0.1) is 0 Å². The molecule has 0 fully saturated rings. The lowest BCUT2D eigenvalue weighted by molar-refractivity contribution is 1.71. The van der Waals surface area contributed by atoms with Crippen molar-refractivity contribution in [1.29, 1.82) is 0 Å². The third-order valence-corrected chi connectivity index (χ3v) is 21.0. The van der Waals surface area contributed by atoms with Crippen molar-refractivity contribution in [3.05, 3.63) is 158 Å². The van der Waals surface area contributed by atoms with Gasteiger partial charge in [-0.3, -0.25) is 0 Å². The van der Waals surface area contributed by atoms with Gasteiger partial charge in [0.2, 0.25) is 0 Å². The van der Waals surface area contributed by atoms with Gasteiger partial charge in [0.25, 0.3) is 0 Å². The third-order valence-electron chi connectivity index (χ3n) is 11.1. The van der Waals surface area contributed by atoms with Crippen LogP contribution in [0.15, 0.2) is 158 Å². The van der Waals surface area contributed by atoms with E-state index in [1.54, 1.807) is 41.5 Å². The van der Waals surface area contributed by atoms with E-state index in [0.29, 0.717) is 0 Å². The summed E-state index contributed by atoms with van der Waals surface area (Å²) in [4.78, 5) is 0. The maximum absolute atomic E-state index is 2.68. The first-order chi connectivity index (χ1) is 21.8. The zero-order valence-corrected chi connectivity index (χ0v) is 26.0. The van der Waals surface area contributed by atoms with Gasteiger partial charge in [0.15, 0.2) is 16.1 Å². The maximum atomic E-state index is 2.68. The van der Waals surface area contributed by atoms with Crippen molar-refractivity contribution in [1.82, 2.24) is 0 Å². The summed E-state index contributed by atoms with van der Waals surface area (Å²) in [6, 6.07) is 61.2. The van der Waals surface area contributed by atoms with Crippen LogP contribution in [-0.2, 0) is 0 Å². The van der Waals surface area contributed by atoms with E-state index in [1.807, 2.05) is 0 Å². The van der Waals surface area contributed by atoms with Gasteiger partial charge in [-0.15, -0.1) is 0 Å². The molecule has 0 atom stereocenters. The maximum Gasteiger partial charge on any atom is 0.182 e. The van der Waals surface area contributed by atoms with Crippen LogP contribution in [0.1, 0.15) is 0 Å². The molecule has 0 aliphatic carbocycles. The summed E-state index contributed by atoms with van der Waals surface area (Å²) in [5, 5.41) is 12.4. The molecule has 4 aliphatic rings. The summed E-state index contributed by atoms with van der Waals surface area (Å²) in [6.07, 6.45) is 0. The first-order valence-corrected chi connectivity index (χ1v) is 19.6. The second-order valence-electron chi connectivity index (χ2n) is 12.7. The van der Waals surface area contributed by atoms with Crippen LogP contribution in [0.3, 0.4) is 0 Å². The lowest BCUT2D eigenvalue weighted by Gasteiger charge is -2.29. The van der Waals surface area contributed by atoms with Gasteiger partial charge < -0.3 is 0 Å². The number of rotatable bonds is 0. The topological polar surface area (TPSA) is 0 Å². The highest BCUT2D eigenvalue weighted by Crippen LogP contribution is 2.40. The Balaban J connectivity index is 1.33. The summed E-state index contributed by atoms with van der Waals surface area (Å²) in [6.45, 7) is 0. The molecule has 0 N–H and O–H groups in total. The Morgan fingerprint density at radius 1 is 0.205 bits per heavy atom. The molecule has 202 valence electrons. The van der Waals surface area contributed by atoms with Crippen molar-refractivity contribution >= 4 is 57.6 Å². The number of benzene rings is 7. The van der Waals surface area contributed by atoms with E-state index in [9.17, 15) is 0 Å². The lowest BCUT2D eigenvalue weighted by Crippen LogP contribution is -2.72. The van der Waals surface area contributed by atoms with Crippen LogP contribution in [0.5, 0.6) is 0 Å². The van der Waals surface area contributed by atoms with E-state index in [-0.39, 0.29) is 0 Å². The van der Waals surface area contributed by atoms with E-state index < -0.39 is 16.1 Å². The summed E-state index contributed by atoms with van der Waals surface area (Å²) in [5.41, 5.74) is 11.5. The standard InChI is InChI=1S/C42H26Si2/c1-7-19-35-27(13-1)28-14-2-8-20-36(28)43(35)39-23-11-5-17-31(39)33-26-42-34(25-41(33)43)32-18-6-12-24-40(32)44(42)37-21-9-3-15-29(37)30-16-4-10-22-38(30)44/h1-26H. The van der Waals surface area contributed by atoms with Gasteiger partial charge in [0, 0.05) is 0 Å². The molecule has 0 amide bonds. The molecule has 0 radical (unpaired) electrons. The monoisotopic (exact) mass is 586 g/mol. The predicted octanol–water partition coefficient (Wildman–Crippen LogP) is 4.36. The van der Waals surface area contributed by atoms with Crippen LogP contribution in [0.2, 0.25) is 0 Å². The Kier molecular flexibility index (Phi) is 4.22. The fourth-order valence-corrected chi connectivity index (χ4v) is 20.9. The molecule has 0 aromatic heterocycles. The van der Waals surface area contributed by atoms with Gasteiger partial charge in [-0.2, -0.15) is 0 Å². The zero-order chi connectivity index (χ0) is 28.6. The highest BCUT2D eigenvalue weighted by molar-refractivity contribution is 7.26. The van der Waals surface area contributed by atoms with E-state index in [1.165, 1.54) is 44.5 Å². The average Bonchev–Trinajstić information content (AvgIpc) is 3.76. The van der Waals surface area contributed by atoms with Gasteiger partial charge in [-0.1, -0.05) is 158 Å². The van der Waals surface area contributed by atoms with Crippen molar-refractivity contribution < 1.29 is 0 Å². The minimum absolute atomic E-state index is 1.42. The van der Waals surface area contributed by atoms with Crippen LogP contribution in [0.25, 0.3) is 44.5 Å². The second kappa shape index (κ2) is 7.92. The molecule has 0 nitrogen and oxygen atoms in total. The average molecular weight is 587 g/mol. The molecule has 0 saturated heterocycles. The Morgan fingerprint density at radius 2 is 0.409 bits per heavy atom. The molecule has 0 bridgehead atoms. The van der Waals surface area contributed by atoms with Gasteiger partial charge in [0.1, 0.15) is 0 Å². The highest BCUT2D eigenvalue weighted by atomic mass is 28.3. The number of fused-ring (bicyclic) bond motifs is 20.